The van der Waals surface area contributed by atoms with E-state index in [1.165, 1.54) is 5.39 Å². The van der Waals surface area contributed by atoms with E-state index in [-0.39, 0.29) is 0 Å². The Kier molecular flexibility index (Phi) is 2.23. The van der Waals surface area contributed by atoms with Crippen LogP contribution >= 0.6 is 0 Å². The molecule has 2 rings (SSSR count). The molecule has 78 valence electrons. The molecule has 1 N–H and O–H groups in total. The molecule has 3 nitrogen and oxygen atoms in total. The summed E-state index contributed by atoms with van der Waals surface area (Å²) in [6, 6.07) is 8.18. The van der Waals surface area contributed by atoms with Crippen LogP contribution in [0.4, 0.5) is 0 Å². The Bertz CT molecular complexity index is 499. The molecule has 1 aromatic carbocycles. The van der Waals surface area contributed by atoms with Gasteiger partial charge in [-0.3, -0.25) is 0 Å². The van der Waals surface area contributed by atoms with Gasteiger partial charge in [0.15, 0.2) is 0 Å². The Labute approximate surface area is 88.6 Å². The van der Waals surface area contributed by atoms with Crippen LogP contribution in [-0.4, -0.2) is 15.5 Å². The molecule has 0 atom stereocenters. The zero-order valence-electron chi connectivity index (χ0n) is 9.15. The first kappa shape index (κ1) is 9.77. The second-order valence-corrected chi connectivity index (χ2v) is 3.74. The molecule has 0 aliphatic carbocycles. The lowest BCUT2D eigenvalue weighted by Gasteiger charge is -2.02. The first-order chi connectivity index (χ1) is 7.16. The van der Waals surface area contributed by atoms with Gasteiger partial charge in [0.25, 0.3) is 0 Å². The molecular formula is C12H14N2O. The van der Waals surface area contributed by atoms with Gasteiger partial charge >= 0.3 is 0 Å². The lowest BCUT2D eigenvalue weighted by Crippen LogP contribution is -2.04. The number of hydrogen-bond acceptors (Lipinski definition) is 2. The van der Waals surface area contributed by atoms with E-state index < -0.39 is 0 Å². The molecule has 0 saturated carbocycles. The van der Waals surface area contributed by atoms with Gasteiger partial charge in [-0.2, -0.15) is 0 Å². The lowest BCUT2D eigenvalue weighted by molar-refractivity contribution is 0.318. The summed E-state index contributed by atoms with van der Waals surface area (Å²) in [7, 11) is 1.99. The quantitative estimate of drug-likeness (QED) is 0.431. The van der Waals surface area contributed by atoms with E-state index in [4.69, 9.17) is 5.21 Å². The summed E-state index contributed by atoms with van der Waals surface area (Å²) in [5.41, 5.74) is 3.95. The van der Waals surface area contributed by atoms with E-state index in [2.05, 4.69) is 21.9 Å². The highest BCUT2D eigenvalue weighted by Gasteiger charge is 2.13. The molecular weight excluding hydrogens is 188 g/mol. The first-order valence-corrected chi connectivity index (χ1v) is 4.90. The highest BCUT2D eigenvalue weighted by atomic mass is 16.4. The van der Waals surface area contributed by atoms with Gasteiger partial charge in [0, 0.05) is 18.0 Å². The number of benzene rings is 1. The largest absolute Gasteiger partial charge is 0.411 e. The van der Waals surface area contributed by atoms with E-state index in [1.807, 2.05) is 26.1 Å². The van der Waals surface area contributed by atoms with Crippen molar-refractivity contribution in [3.63, 3.8) is 0 Å². The van der Waals surface area contributed by atoms with Crippen LogP contribution < -0.4 is 0 Å². The van der Waals surface area contributed by atoms with Crippen molar-refractivity contribution in [2.45, 2.75) is 13.8 Å². The summed E-state index contributed by atoms with van der Waals surface area (Å²) in [4.78, 5) is 0. The van der Waals surface area contributed by atoms with Crippen LogP contribution in [-0.2, 0) is 7.05 Å². The Balaban J connectivity index is 2.87. The number of aromatic nitrogens is 1. The SMILES string of the molecule is C/C(=N/O)c1c(C)c2ccccc2n1C. The zero-order valence-corrected chi connectivity index (χ0v) is 9.15. The van der Waals surface area contributed by atoms with Crippen molar-refractivity contribution >= 4 is 16.6 Å². The van der Waals surface area contributed by atoms with Crippen LogP contribution in [0.1, 0.15) is 18.2 Å². The fraction of sp³-hybridized carbons (Fsp3) is 0.250. The smallest absolute Gasteiger partial charge is 0.100 e. The third kappa shape index (κ3) is 1.31. The summed E-state index contributed by atoms with van der Waals surface area (Å²) in [5.74, 6) is 0. The van der Waals surface area contributed by atoms with Crippen LogP contribution in [0.15, 0.2) is 29.4 Å². The van der Waals surface area contributed by atoms with Crippen molar-refractivity contribution in [1.29, 1.82) is 0 Å². The Morgan fingerprint density at radius 3 is 2.60 bits per heavy atom. The summed E-state index contributed by atoms with van der Waals surface area (Å²) >= 11 is 0. The molecule has 3 heteroatoms. The molecule has 1 aromatic heterocycles. The molecule has 0 unspecified atom stereocenters. The average Bonchev–Trinajstić information content (AvgIpc) is 2.52. The Morgan fingerprint density at radius 2 is 2.00 bits per heavy atom. The summed E-state index contributed by atoms with van der Waals surface area (Å²) in [6.07, 6.45) is 0. The molecule has 0 fully saturated rings. The number of fused-ring (bicyclic) bond motifs is 1. The first-order valence-electron chi connectivity index (χ1n) is 4.90. The number of rotatable bonds is 1. The van der Waals surface area contributed by atoms with Crippen molar-refractivity contribution in [2.24, 2.45) is 12.2 Å². The van der Waals surface area contributed by atoms with E-state index in [0.717, 1.165) is 16.8 Å². The maximum Gasteiger partial charge on any atom is 0.100 e. The third-order valence-corrected chi connectivity index (χ3v) is 2.85. The van der Waals surface area contributed by atoms with Gasteiger partial charge in [-0.05, 0) is 25.5 Å². The third-order valence-electron chi connectivity index (χ3n) is 2.85. The van der Waals surface area contributed by atoms with Crippen molar-refractivity contribution < 1.29 is 5.21 Å². The predicted octanol–water partition coefficient (Wildman–Crippen LogP) is 2.68. The van der Waals surface area contributed by atoms with Crippen LogP contribution in [0.2, 0.25) is 0 Å². The molecule has 0 radical (unpaired) electrons. The topological polar surface area (TPSA) is 37.5 Å². The number of aryl methyl sites for hydroxylation is 2. The summed E-state index contributed by atoms with van der Waals surface area (Å²) in [5, 5.41) is 13.3. The van der Waals surface area contributed by atoms with Gasteiger partial charge in [-0.15, -0.1) is 0 Å². The fourth-order valence-electron chi connectivity index (χ4n) is 2.14. The molecule has 0 saturated heterocycles. The molecule has 0 aliphatic heterocycles. The Hall–Kier alpha value is -1.77. The van der Waals surface area contributed by atoms with Gasteiger partial charge in [-0.25, -0.2) is 0 Å². The summed E-state index contributed by atoms with van der Waals surface area (Å²) in [6.45, 7) is 3.85. The number of hydrogen-bond donors (Lipinski definition) is 1. The molecule has 15 heavy (non-hydrogen) atoms. The minimum atomic E-state index is 0.645. The predicted molar refractivity (Wildman–Crippen MR) is 61.7 cm³/mol. The van der Waals surface area contributed by atoms with Gasteiger partial charge < -0.3 is 9.77 Å². The highest BCUT2D eigenvalue weighted by Crippen LogP contribution is 2.24. The van der Waals surface area contributed by atoms with Gasteiger partial charge in [0.2, 0.25) is 0 Å². The van der Waals surface area contributed by atoms with Crippen molar-refractivity contribution in [1.82, 2.24) is 4.57 Å². The molecule has 2 aromatic rings. The van der Waals surface area contributed by atoms with Crippen LogP contribution in [0.3, 0.4) is 0 Å². The average molecular weight is 202 g/mol. The van der Waals surface area contributed by atoms with E-state index in [9.17, 15) is 0 Å². The van der Waals surface area contributed by atoms with Crippen LogP contribution in [0.25, 0.3) is 10.9 Å². The second kappa shape index (κ2) is 3.42. The second-order valence-electron chi connectivity index (χ2n) is 3.74. The Morgan fingerprint density at radius 1 is 1.33 bits per heavy atom. The van der Waals surface area contributed by atoms with Crippen molar-refractivity contribution in [2.75, 3.05) is 0 Å². The van der Waals surface area contributed by atoms with Crippen molar-refractivity contribution in [3.8, 4) is 0 Å². The summed E-state index contributed by atoms with van der Waals surface area (Å²) < 4.78 is 2.06. The van der Waals surface area contributed by atoms with Crippen LogP contribution in [0.5, 0.6) is 0 Å². The van der Waals surface area contributed by atoms with Gasteiger partial charge in [-0.1, -0.05) is 23.4 Å². The van der Waals surface area contributed by atoms with E-state index in [1.54, 1.807) is 6.92 Å². The fourth-order valence-corrected chi connectivity index (χ4v) is 2.14. The molecule has 1 heterocycles. The number of oxime groups is 1. The molecule has 0 bridgehead atoms. The van der Waals surface area contributed by atoms with E-state index in [0.29, 0.717) is 5.71 Å². The standard InChI is InChI=1S/C12H14N2O/c1-8-10-6-4-5-7-11(10)14(3)12(8)9(2)13-15/h4-7,15H,1-3H3/b13-9-. The highest BCUT2D eigenvalue weighted by molar-refractivity contribution is 6.04. The van der Waals surface area contributed by atoms with Gasteiger partial charge in [0.05, 0.1) is 5.69 Å². The monoisotopic (exact) mass is 202 g/mol. The molecule has 0 aliphatic rings. The molecule has 0 amide bonds. The van der Waals surface area contributed by atoms with Crippen LogP contribution in [0, 0.1) is 6.92 Å². The minimum absolute atomic E-state index is 0.645. The normalized spacial score (nSPS) is 12.3. The van der Waals surface area contributed by atoms with Gasteiger partial charge in [0.1, 0.15) is 5.71 Å². The van der Waals surface area contributed by atoms with E-state index >= 15 is 0 Å². The minimum Gasteiger partial charge on any atom is -0.411 e. The number of nitrogens with zero attached hydrogens (tertiary/aromatic N) is 2. The lowest BCUT2D eigenvalue weighted by atomic mass is 10.1. The number of para-hydroxylation sites is 1. The van der Waals surface area contributed by atoms with Crippen molar-refractivity contribution in [3.05, 3.63) is 35.5 Å². The maximum atomic E-state index is 8.84. The maximum absolute atomic E-state index is 8.84. The zero-order chi connectivity index (χ0) is 11.0. The molecule has 0 spiro atoms.